The highest BCUT2D eigenvalue weighted by Crippen LogP contribution is 2.27. The van der Waals surface area contributed by atoms with Gasteiger partial charge in [-0.25, -0.2) is 9.97 Å². The molecule has 0 radical (unpaired) electrons. The van der Waals surface area contributed by atoms with Crippen LogP contribution in [0.1, 0.15) is 34.8 Å². The molecule has 9 nitrogen and oxygen atoms in total. The molecule has 3 aromatic heterocycles. The second kappa shape index (κ2) is 9.46. The van der Waals surface area contributed by atoms with Gasteiger partial charge in [-0.05, 0) is 43.3 Å². The van der Waals surface area contributed by atoms with Crippen LogP contribution in [0.4, 0.5) is 0 Å². The smallest absolute Gasteiger partial charge is 0.251 e. The van der Waals surface area contributed by atoms with Crippen molar-refractivity contribution in [3.63, 3.8) is 0 Å². The van der Waals surface area contributed by atoms with Crippen LogP contribution in [0.15, 0.2) is 60.9 Å². The molecule has 2 aromatic carbocycles. The number of methoxy groups -OCH3 is 1. The summed E-state index contributed by atoms with van der Waals surface area (Å²) in [6.07, 6.45) is 3.49. The first kappa shape index (κ1) is 22.4. The van der Waals surface area contributed by atoms with E-state index in [0.29, 0.717) is 30.2 Å². The van der Waals surface area contributed by atoms with E-state index in [4.69, 9.17) is 14.5 Å². The van der Waals surface area contributed by atoms with Gasteiger partial charge in [0.1, 0.15) is 18.3 Å². The molecule has 0 aliphatic carbocycles. The van der Waals surface area contributed by atoms with Crippen LogP contribution < -0.4 is 14.8 Å². The molecule has 0 saturated heterocycles. The number of benzene rings is 2. The third kappa shape index (κ3) is 4.40. The lowest BCUT2D eigenvalue weighted by Gasteiger charge is -2.11. The van der Waals surface area contributed by atoms with Gasteiger partial charge in [0.2, 0.25) is 0 Å². The number of hydrogen-bond donors (Lipinski definition) is 2. The van der Waals surface area contributed by atoms with Crippen molar-refractivity contribution in [1.29, 1.82) is 0 Å². The van der Waals surface area contributed by atoms with Gasteiger partial charge in [-0.2, -0.15) is 0 Å². The molecule has 1 amide bonds. The van der Waals surface area contributed by atoms with Crippen molar-refractivity contribution in [2.45, 2.75) is 12.8 Å². The molecule has 1 atom stereocenters. The highest BCUT2D eigenvalue weighted by atomic mass is 16.5. The first-order valence-corrected chi connectivity index (χ1v) is 11.3. The fraction of sp³-hybridized carbons (Fsp3) is 0.231. The van der Waals surface area contributed by atoms with E-state index < -0.39 is 0 Å². The average Bonchev–Trinajstić information content (AvgIpc) is 3.47. The maximum atomic E-state index is 12.8. The first-order chi connectivity index (χ1) is 17.0. The number of hydrogen-bond acceptors (Lipinski definition) is 6. The Balaban J connectivity index is 1.28. The zero-order chi connectivity index (χ0) is 24.4. The Hall–Kier alpha value is -4.40. The first-order valence-electron chi connectivity index (χ1n) is 11.3. The Kier molecular flexibility index (Phi) is 6.05. The van der Waals surface area contributed by atoms with Gasteiger partial charge in [0, 0.05) is 18.8 Å². The summed E-state index contributed by atoms with van der Waals surface area (Å²) in [5.41, 5.74) is 4.02. The fourth-order valence-corrected chi connectivity index (χ4v) is 4.11. The number of fused-ring (bicyclic) bond motifs is 2. The van der Waals surface area contributed by atoms with Crippen LogP contribution in [-0.2, 0) is 7.05 Å². The summed E-state index contributed by atoms with van der Waals surface area (Å²) in [6, 6.07) is 14.8. The van der Waals surface area contributed by atoms with Crippen molar-refractivity contribution in [2.75, 3.05) is 20.3 Å². The number of carbonyl (C=O) groups excluding carboxylic acids is 1. The summed E-state index contributed by atoms with van der Waals surface area (Å²) in [5.74, 6) is 2.74. The lowest BCUT2D eigenvalue weighted by molar-refractivity contribution is 0.0947. The van der Waals surface area contributed by atoms with Crippen molar-refractivity contribution in [3.05, 3.63) is 78.1 Å². The third-order valence-corrected chi connectivity index (χ3v) is 5.99. The minimum absolute atomic E-state index is 0.0656. The summed E-state index contributed by atoms with van der Waals surface area (Å²) < 4.78 is 13.0. The third-order valence-electron chi connectivity index (χ3n) is 5.99. The number of para-hydroxylation sites is 2. The number of H-pyrrole nitrogens is 1. The second-order valence-electron chi connectivity index (χ2n) is 8.22. The predicted molar refractivity (Wildman–Crippen MR) is 133 cm³/mol. The number of aryl methyl sites for hydroxylation is 1. The molecule has 9 heteroatoms. The summed E-state index contributed by atoms with van der Waals surface area (Å²) in [4.78, 5) is 29.7. The highest BCUT2D eigenvalue weighted by molar-refractivity contribution is 5.97. The molecule has 178 valence electrons. The fourth-order valence-electron chi connectivity index (χ4n) is 4.11. The molecule has 0 aliphatic rings. The van der Waals surface area contributed by atoms with Crippen LogP contribution in [0.2, 0.25) is 0 Å². The van der Waals surface area contributed by atoms with Crippen molar-refractivity contribution >= 4 is 28.0 Å². The van der Waals surface area contributed by atoms with E-state index in [-0.39, 0.29) is 11.8 Å². The standard InChI is InChI=1S/C26H26N6O3/c1-16(24-29-18-10-11-27-15-20(18)30-24)25-31-19-9-8-17(14-21(19)32(25)2)26(33)28-12-13-35-23-7-5-4-6-22(23)34-3/h4-11,14-16H,12-13H2,1-3H3,(H,28,33)(H,29,30). The Morgan fingerprint density at radius 1 is 1.11 bits per heavy atom. The van der Waals surface area contributed by atoms with Crippen molar-refractivity contribution in [3.8, 4) is 11.5 Å². The Morgan fingerprint density at radius 2 is 1.94 bits per heavy atom. The summed E-state index contributed by atoms with van der Waals surface area (Å²) in [5, 5.41) is 2.91. The number of amides is 1. The highest BCUT2D eigenvalue weighted by Gasteiger charge is 2.20. The zero-order valence-corrected chi connectivity index (χ0v) is 19.8. The normalized spacial score (nSPS) is 12.1. The number of rotatable bonds is 8. The molecule has 0 bridgehead atoms. The largest absolute Gasteiger partial charge is 0.493 e. The van der Waals surface area contributed by atoms with E-state index in [2.05, 4.69) is 27.2 Å². The molecule has 5 rings (SSSR count). The summed E-state index contributed by atoms with van der Waals surface area (Å²) in [6.45, 7) is 2.75. The summed E-state index contributed by atoms with van der Waals surface area (Å²) in [7, 11) is 3.55. The van der Waals surface area contributed by atoms with E-state index >= 15 is 0 Å². The number of aromatic nitrogens is 5. The number of pyridine rings is 1. The number of carbonyl (C=O) groups is 1. The number of ether oxygens (including phenoxy) is 2. The van der Waals surface area contributed by atoms with Gasteiger partial charge in [-0.1, -0.05) is 12.1 Å². The second-order valence-corrected chi connectivity index (χ2v) is 8.22. The molecule has 1 unspecified atom stereocenters. The van der Waals surface area contributed by atoms with Gasteiger partial charge in [0.25, 0.3) is 5.91 Å². The monoisotopic (exact) mass is 470 g/mol. The van der Waals surface area contributed by atoms with E-state index in [0.717, 1.165) is 33.7 Å². The van der Waals surface area contributed by atoms with Gasteiger partial charge < -0.3 is 24.3 Å². The Morgan fingerprint density at radius 3 is 2.74 bits per heavy atom. The number of nitrogens with one attached hydrogen (secondary N) is 2. The molecular weight excluding hydrogens is 444 g/mol. The molecule has 0 saturated carbocycles. The minimum atomic E-state index is -0.170. The van der Waals surface area contributed by atoms with Gasteiger partial charge in [-0.15, -0.1) is 0 Å². The quantitative estimate of drug-likeness (QED) is 0.334. The van der Waals surface area contributed by atoms with Crippen molar-refractivity contribution < 1.29 is 14.3 Å². The molecule has 5 aromatic rings. The van der Waals surface area contributed by atoms with E-state index in [9.17, 15) is 4.79 Å². The predicted octanol–water partition coefficient (Wildman–Crippen LogP) is 3.81. The van der Waals surface area contributed by atoms with Crippen LogP contribution in [0.3, 0.4) is 0 Å². The van der Waals surface area contributed by atoms with Crippen molar-refractivity contribution in [1.82, 2.24) is 29.8 Å². The van der Waals surface area contributed by atoms with Gasteiger partial charge >= 0.3 is 0 Å². The van der Waals surface area contributed by atoms with Crippen LogP contribution in [-0.4, -0.2) is 50.7 Å². The summed E-state index contributed by atoms with van der Waals surface area (Å²) >= 11 is 0. The lowest BCUT2D eigenvalue weighted by atomic mass is 10.1. The Labute approximate surface area is 202 Å². The molecular formula is C26H26N6O3. The molecule has 0 spiro atoms. The van der Waals surface area contributed by atoms with Crippen LogP contribution in [0.25, 0.3) is 22.1 Å². The maximum Gasteiger partial charge on any atom is 0.251 e. The number of nitrogens with zero attached hydrogens (tertiary/aromatic N) is 4. The van der Waals surface area contributed by atoms with Gasteiger partial charge in [-0.3, -0.25) is 9.78 Å². The van der Waals surface area contributed by atoms with Gasteiger partial charge in [0.15, 0.2) is 11.5 Å². The lowest BCUT2D eigenvalue weighted by Crippen LogP contribution is -2.28. The molecule has 35 heavy (non-hydrogen) atoms. The van der Waals surface area contributed by atoms with E-state index in [1.165, 1.54) is 0 Å². The SMILES string of the molecule is COc1ccccc1OCCNC(=O)c1ccc2nc(C(C)c3nc4ccncc4[nH]3)n(C)c2c1. The van der Waals surface area contributed by atoms with E-state index in [1.807, 2.05) is 54.1 Å². The van der Waals surface area contributed by atoms with Crippen molar-refractivity contribution in [2.24, 2.45) is 7.05 Å². The van der Waals surface area contributed by atoms with Crippen LogP contribution in [0, 0.1) is 0 Å². The van der Waals surface area contributed by atoms with Gasteiger partial charge in [0.05, 0.1) is 47.8 Å². The molecule has 0 fully saturated rings. The van der Waals surface area contributed by atoms with Crippen LogP contribution in [0.5, 0.6) is 11.5 Å². The van der Waals surface area contributed by atoms with Crippen LogP contribution >= 0.6 is 0 Å². The number of imidazole rings is 2. The zero-order valence-electron chi connectivity index (χ0n) is 19.8. The number of aromatic amines is 1. The molecule has 2 N–H and O–H groups in total. The van der Waals surface area contributed by atoms with E-state index in [1.54, 1.807) is 25.6 Å². The Bertz CT molecular complexity index is 1470. The maximum absolute atomic E-state index is 12.8. The molecule has 3 heterocycles. The topological polar surface area (TPSA) is 107 Å². The minimum Gasteiger partial charge on any atom is -0.493 e. The molecule has 0 aliphatic heterocycles. The average molecular weight is 471 g/mol.